The van der Waals surface area contributed by atoms with Gasteiger partial charge in [-0.15, -0.1) is 0 Å². The standard InChI is InChI=1S/C15H17N3O3S/c1-22(19,20)18-13-4-6-14(7-5-13)21-9-12-8-16-10-17-15(12)11-2-3-11/h4-8,10-11,18H,2-3,9H2,1H3. The molecule has 0 unspecified atom stereocenters. The van der Waals surface area contributed by atoms with E-state index in [2.05, 4.69) is 14.7 Å². The summed E-state index contributed by atoms with van der Waals surface area (Å²) in [5, 5.41) is 0. The second-order valence-electron chi connectivity index (χ2n) is 5.39. The van der Waals surface area contributed by atoms with E-state index in [4.69, 9.17) is 4.74 Å². The van der Waals surface area contributed by atoms with E-state index in [-0.39, 0.29) is 0 Å². The van der Waals surface area contributed by atoms with Crippen LogP contribution in [0.4, 0.5) is 5.69 Å². The van der Waals surface area contributed by atoms with E-state index in [1.165, 1.54) is 12.8 Å². The second-order valence-corrected chi connectivity index (χ2v) is 7.14. The van der Waals surface area contributed by atoms with E-state index in [0.29, 0.717) is 24.0 Å². The van der Waals surface area contributed by atoms with Crippen LogP contribution in [0.5, 0.6) is 5.75 Å². The fourth-order valence-corrected chi connectivity index (χ4v) is 2.76. The van der Waals surface area contributed by atoms with Crippen LogP contribution in [0.2, 0.25) is 0 Å². The molecule has 0 spiro atoms. The molecule has 1 saturated carbocycles. The summed E-state index contributed by atoms with van der Waals surface area (Å²) >= 11 is 0. The molecule has 0 bridgehead atoms. The molecule has 1 aromatic carbocycles. The van der Waals surface area contributed by atoms with Crippen molar-refractivity contribution >= 4 is 15.7 Å². The minimum atomic E-state index is -3.26. The molecule has 7 heteroatoms. The van der Waals surface area contributed by atoms with Crippen LogP contribution in [0.25, 0.3) is 0 Å². The molecule has 22 heavy (non-hydrogen) atoms. The molecular weight excluding hydrogens is 302 g/mol. The Bertz CT molecular complexity index is 756. The maximum absolute atomic E-state index is 11.1. The van der Waals surface area contributed by atoms with Gasteiger partial charge in [-0.05, 0) is 37.1 Å². The first-order valence-corrected chi connectivity index (χ1v) is 8.90. The minimum Gasteiger partial charge on any atom is -0.489 e. The third-order valence-electron chi connectivity index (χ3n) is 3.34. The lowest BCUT2D eigenvalue weighted by molar-refractivity contribution is 0.303. The summed E-state index contributed by atoms with van der Waals surface area (Å²) < 4.78 is 30.4. The Morgan fingerprint density at radius 3 is 2.64 bits per heavy atom. The lowest BCUT2D eigenvalue weighted by Gasteiger charge is -2.10. The highest BCUT2D eigenvalue weighted by Crippen LogP contribution is 2.40. The zero-order valence-corrected chi connectivity index (χ0v) is 13.0. The average molecular weight is 319 g/mol. The number of nitrogens with zero attached hydrogens (tertiary/aromatic N) is 2. The molecule has 1 heterocycles. The van der Waals surface area contributed by atoms with Crippen LogP contribution in [-0.4, -0.2) is 24.6 Å². The topological polar surface area (TPSA) is 81.2 Å². The predicted molar refractivity (Wildman–Crippen MR) is 83.2 cm³/mol. The van der Waals surface area contributed by atoms with Crippen molar-refractivity contribution in [3.05, 3.63) is 48.0 Å². The maximum atomic E-state index is 11.1. The molecular formula is C15H17N3O3S. The molecule has 0 radical (unpaired) electrons. The SMILES string of the molecule is CS(=O)(=O)Nc1ccc(OCc2cncnc2C2CC2)cc1. The predicted octanol–water partition coefficient (Wildman–Crippen LogP) is 2.30. The van der Waals surface area contributed by atoms with E-state index in [1.54, 1.807) is 36.8 Å². The van der Waals surface area contributed by atoms with Gasteiger partial charge in [-0.3, -0.25) is 4.72 Å². The number of anilines is 1. The summed E-state index contributed by atoms with van der Waals surface area (Å²) in [6, 6.07) is 6.79. The number of aromatic nitrogens is 2. The summed E-state index contributed by atoms with van der Waals surface area (Å²) in [6.07, 6.45) is 6.83. The smallest absolute Gasteiger partial charge is 0.229 e. The number of hydrogen-bond donors (Lipinski definition) is 1. The molecule has 1 aliphatic carbocycles. The molecule has 1 fully saturated rings. The number of benzene rings is 1. The van der Waals surface area contributed by atoms with Crippen molar-refractivity contribution in [2.24, 2.45) is 0 Å². The first-order chi connectivity index (χ1) is 10.5. The molecule has 1 aromatic heterocycles. The molecule has 6 nitrogen and oxygen atoms in total. The second kappa shape index (κ2) is 5.92. The molecule has 1 aliphatic rings. The third-order valence-corrected chi connectivity index (χ3v) is 3.95. The lowest BCUT2D eigenvalue weighted by Crippen LogP contribution is -2.09. The Morgan fingerprint density at radius 2 is 2.00 bits per heavy atom. The van der Waals surface area contributed by atoms with Crippen LogP contribution in [-0.2, 0) is 16.6 Å². The highest BCUT2D eigenvalue weighted by atomic mass is 32.2. The fourth-order valence-electron chi connectivity index (χ4n) is 2.20. The van der Waals surface area contributed by atoms with Crippen molar-refractivity contribution in [1.82, 2.24) is 9.97 Å². The summed E-state index contributed by atoms with van der Waals surface area (Å²) in [7, 11) is -3.26. The molecule has 1 N–H and O–H groups in total. The molecule has 3 rings (SSSR count). The monoisotopic (exact) mass is 319 g/mol. The van der Waals surface area contributed by atoms with Crippen molar-refractivity contribution in [3.63, 3.8) is 0 Å². The van der Waals surface area contributed by atoms with Crippen LogP contribution in [0, 0.1) is 0 Å². The number of hydrogen-bond acceptors (Lipinski definition) is 5. The van der Waals surface area contributed by atoms with Crippen LogP contribution < -0.4 is 9.46 Å². The summed E-state index contributed by atoms with van der Waals surface area (Å²) in [4.78, 5) is 8.39. The first-order valence-electron chi connectivity index (χ1n) is 7.01. The van der Waals surface area contributed by atoms with Gasteiger partial charge in [0.05, 0.1) is 11.9 Å². The molecule has 0 aliphatic heterocycles. The molecule has 0 atom stereocenters. The Balaban J connectivity index is 1.64. The summed E-state index contributed by atoms with van der Waals surface area (Å²) in [6.45, 7) is 0.408. The van der Waals surface area contributed by atoms with Gasteiger partial charge >= 0.3 is 0 Å². The van der Waals surface area contributed by atoms with E-state index in [9.17, 15) is 8.42 Å². The van der Waals surface area contributed by atoms with Crippen molar-refractivity contribution in [2.45, 2.75) is 25.4 Å². The van der Waals surface area contributed by atoms with E-state index >= 15 is 0 Å². The van der Waals surface area contributed by atoms with E-state index in [0.717, 1.165) is 17.5 Å². The summed E-state index contributed by atoms with van der Waals surface area (Å²) in [5.74, 6) is 1.22. The Kier molecular flexibility index (Phi) is 3.98. The zero-order chi connectivity index (χ0) is 15.6. The number of ether oxygens (including phenoxy) is 1. The molecule has 116 valence electrons. The molecule has 2 aromatic rings. The van der Waals surface area contributed by atoms with Gasteiger partial charge in [0.25, 0.3) is 0 Å². The van der Waals surface area contributed by atoms with Gasteiger partial charge in [0.1, 0.15) is 18.7 Å². The van der Waals surface area contributed by atoms with Gasteiger partial charge in [-0.1, -0.05) is 0 Å². The summed E-state index contributed by atoms with van der Waals surface area (Å²) in [5.41, 5.74) is 2.59. The van der Waals surface area contributed by atoms with Gasteiger partial charge in [-0.2, -0.15) is 0 Å². The highest BCUT2D eigenvalue weighted by molar-refractivity contribution is 7.92. The lowest BCUT2D eigenvalue weighted by atomic mass is 10.2. The quantitative estimate of drug-likeness (QED) is 0.883. The third kappa shape index (κ3) is 3.94. The largest absolute Gasteiger partial charge is 0.489 e. The zero-order valence-electron chi connectivity index (χ0n) is 12.2. The van der Waals surface area contributed by atoms with Crippen LogP contribution >= 0.6 is 0 Å². The first kappa shape index (κ1) is 14.8. The van der Waals surface area contributed by atoms with Gasteiger partial charge in [0.15, 0.2) is 0 Å². The normalized spacial score (nSPS) is 14.6. The van der Waals surface area contributed by atoms with E-state index in [1.807, 2.05) is 0 Å². The van der Waals surface area contributed by atoms with Crippen LogP contribution in [0.3, 0.4) is 0 Å². The van der Waals surface area contributed by atoms with Gasteiger partial charge in [0.2, 0.25) is 10.0 Å². The molecule has 0 saturated heterocycles. The van der Waals surface area contributed by atoms with Gasteiger partial charge in [-0.25, -0.2) is 18.4 Å². The minimum absolute atomic E-state index is 0.408. The Morgan fingerprint density at radius 1 is 1.27 bits per heavy atom. The van der Waals surface area contributed by atoms with Crippen molar-refractivity contribution in [3.8, 4) is 5.75 Å². The Hall–Kier alpha value is -2.15. The van der Waals surface area contributed by atoms with E-state index < -0.39 is 10.0 Å². The maximum Gasteiger partial charge on any atom is 0.229 e. The van der Waals surface area contributed by atoms with Crippen molar-refractivity contribution in [1.29, 1.82) is 0 Å². The average Bonchev–Trinajstić information content (AvgIpc) is 3.30. The number of sulfonamides is 1. The van der Waals surface area contributed by atoms with Crippen molar-refractivity contribution in [2.75, 3.05) is 11.0 Å². The number of rotatable bonds is 6. The molecule has 0 amide bonds. The van der Waals surface area contributed by atoms with Crippen LogP contribution in [0.15, 0.2) is 36.8 Å². The van der Waals surface area contributed by atoms with Crippen molar-refractivity contribution < 1.29 is 13.2 Å². The van der Waals surface area contributed by atoms with Gasteiger partial charge in [0, 0.05) is 23.4 Å². The van der Waals surface area contributed by atoms with Gasteiger partial charge < -0.3 is 4.74 Å². The number of nitrogens with one attached hydrogen (secondary N) is 1. The Labute approximate surface area is 129 Å². The van der Waals surface area contributed by atoms with Crippen LogP contribution in [0.1, 0.15) is 30.0 Å². The highest BCUT2D eigenvalue weighted by Gasteiger charge is 2.27. The fraction of sp³-hybridized carbons (Fsp3) is 0.333.